The molecule has 1 N–H and O–H groups in total. The third-order valence-corrected chi connectivity index (χ3v) is 6.64. The predicted octanol–water partition coefficient (Wildman–Crippen LogP) is 5.09. The summed E-state index contributed by atoms with van der Waals surface area (Å²) in [5.74, 6) is 1.07. The van der Waals surface area contributed by atoms with Crippen molar-refractivity contribution in [2.45, 2.75) is 37.4 Å². The molecule has 2 bridgehead atoms. The van der Waals surface area contributed by atoms with Gasteiger partial charge >= 0.3 is 0 Å². The van der Waals surface area contributed by atoms with Gasteiger partial charge in [0.15, 0.2) is 0 Å². The SMILES string of the molecule is C[C@@H]1[C@@H](C2=CC=CCC2)C2(c3ccccc3)C[C@]1(O)c1ccccc1O2. The number of rotatable bonds is 2. The van der Waals surface area contributed by atoms with Gasteiger partial charge in [0.2, 0.25) is 0 Å². The summed E-state index contributed by atoms with van der Waals surface area (Å²) in [6, 6.07) is 18.5. The van der Waals surface area contributed by atoms with E-state index in [0.717, 1.165) is 29.7 Å². The fourth-order valence-corrected chi connectivity index (χ4v) is 5.46. The summed E-state index contributed by atoms with van der Waals surface area (Å²) in [6.45, 7) is 2.19. The lowest BCUT2D eigenvalue weighted by Crippen LogP contribution is -2.42. The average molecular weight is 344 g/mol. The second-order valence-corrected chi connectivity index (χ2v) is 7.93. The largest absolute Gasteiger partial charge is 0.481 e. The first-order valence-corrected chi connectivity index (χ1v) is 9.57. The van der Waals surface area contributed by atoms with Crippen molar-refractivity contribution in [3.63, 3.8) is 0 Å². The van der Waals surface area contributed by atoms with E-state index in [1.165, 1.54) is 5.57 Å². The molecule has 2 aromatic rings. The zero-order valence-corrected chi connectivity index (χ0v) is 15.1. The maximum absolute atomic E-state index is 11.8. The van der Waals surface area contributed by atoms with Crippen molar-refractivity contribution in [3.8, 4) is 5.75 Å². The van der Waals surface area contributed by atoms with Crippen LogP contribution in [0, 0.1) is 11.8 Å². The number of allylic oxidation sites excluding steroid dienone is 3. The predicted molar refractivity (Wildman–Crippen MR) is 103 cm³/mol. The summed E-state index contributed by atoms with van der Waals surface area (Å²) in [4.78, 5) is 0. The van der Waals surface area contributed by atoms with Gasteiger partial charge in [-0.2, -0.15) is 0 Å². The van der Waals surface area contributed by atoms with E-state index in [-0.39, 0.29) is 11.8 Å². The number of ether oxygens (including phenoxy) is 1. The summed E-state index contributed by atoms with van der Waals surface area (Å²) in [5.41, 5.74) is 2.12. The van der Waals surface area contributed by atoms with Gasteiger partial charge in [0.05, 0.1) is 0 Å². The molecule has 2 aliphatic carbocycles. The molecule has 1 unspecified atom stereocenters. The second kappa shape index (κ2) is 5.59. The van der Waals surface area contributed by atoms with E-state index >= 15 is 0 Å². The Morgan fingerprint density at radius 2 is 1.81 bits per heavy atom. The third kappa shape index (κ3) is 2.02. The number of para-hydroxylation sites is 1. The highest BCUT2D eigenvalue weighted by atomic mass is 16.5. The molecule has 0 saturated heterocycles. The highest BCUT2D eigenvalue weighted by Crippen LogP contribution is 2.65. The molecule has 2 heteroatoms. The fraction of sp³-hybridized carbons (Fsp3) is 0.333. The zero-order chi connectivity index (χ0) is 17.8. The smallest absolute Gasteiger partial charge is 0.144 e. The van der Waals surface area contributed by atoms with Crippen LogP contribution in [0.15, 0.2) is 78.4 Å². The summed E-state index contributed by atoms with van der Waals surface area (Å²) >= 11 is 0. The van der Waals surface area contributed by atoms with Crippen LogP contribution in [0.3, 0.4) is 0 Å². The van der Waals surface area contributed by atoms with Crippen LogP contribution < -0.4 is 4.74 Å². The van der Waals surface area contributed by atoms with E-state index in [0.29, 0.717) is 6.42 Å². The maximum atomic E-state index is 11.8. The molecule has 1 fully saturated rings. The van der Waals surface area contributed by atoms with Crippen molar-refractivity contribution in [1.82, 2.24) is 0 Å². The van der Waals surface area contributed by atoms with E-state index in [1.54, 1.807) is 0 Å². The van der Waals surface area contributed by atoms with Crippen molar-refractivity contribution >= 4 is 0 Å². The van der Waals surface area contributed by atoms with Crippen molar-refractivity contribution < 1.29 is 9.84 Å². The molecule has 3 aliphatic rings. The van der Waals surface area contributed by atoms with Gasteiger partial charge < -0.3 is 9.84 Å². The van der Waals surface area contributed by atoms with Crippen molar-refractivity contribution in [1.29, 1.82) is 0 Å². The van der Waals surface area contributed by atoms with Crippen molar-refractivity contribution in [3.05, 3.63) is 89.5 Å². The minimum absolute atomic E-state index is 0.0871. The Bertz CT molecular complexity index is 897. The van der Waals surface area contributed by atoms with Gasteiger partial charge in [0.25, 0.3) is 0 Å². The zero-order valence-electron chi connectivity index (χ0n) is 15.1. The first-order chi connectivity index (χ1) is 12.7. The Morgan fingerprint density at radius 1 is 1.04 bits per heavy atom. The Labute approximate surface area is 154 Å². The van der Waals surface area contributed by atoms with E-state index in [2.05, 4.69) is 49.4 Å². The van der Waals surface area contributed by atoms with Gasteiger partial charge in [-0.25, -0.2) is 0 Å². The summed E-state index contributed by atoms with van der Waals surface area (Å²) in [6.07, 6.45) is 9.32. The Morgan fingerprint density at radius 3 is 2.58 bits per heavy atom. The Hall–Kier alpha value is -2.32. The fourth-order valence-electron chi connectivity index (χ4n) is 5.46. The Kier molecular flexibility index (Phi) is 3.42. The van der Waals surface area contributed by atoms with Gasteiger partial charge in [-0.15, -0.1) is 0 Å². The normalized spacial score (nSPS) is 34.8. The summed E-state index contributed by atoms with van der Waals surface area (Å²) in [7, 11) is 0. The molecule has 2 aromatic carbocycles. The number of hydrogen-bond acceptors (Lipinski definition) is 2. The minimum Gasteiger partial charge on any atom is -0.481 e. The van der Waals surface area contributed by atoms with Gasteiger partial charge in [-0.3, -0.25) is 0 Å². The van der Waals surface area contributed by atoms with Crippen LogP contribution in [0.1, 0.15) is 37.3 Å². The molecular formula is C24H24O2. The van der Waals surface area contributed by atoms with Crippen LogP contribution in [0.2, 0.25) is 0 Å². The molecule has 0 aromatic heterocycles. The lowest BCUT2D eigenvalue weighted by molar-refractivity contribution is -0.0419. The molecule has 1 aliphatic heterocycles. The maximum Gasteiger partial charge on any atom is 0.144 e. The van der Waals surface area contributed by atoms with Crippen LogP contribution in [0.4, 0.5) is 0 Å². The summed E-state index contributed by atoms with van der Waals surface area (Å²) in [5, 5.41) is 11.8. The van der Waals surface area contributed by atoms with E-state index in [1.807, 2.05) is 30.3 Å². The molecule has 1 saturated carbocycles. The molecule has 0 radical (unpaired) electrons. The second-order valence-electron chi connectivity index (χ2n) is 7.93. The van der Waals surface area contributed by atoms with Crippen LogP contribution in [0.5, 0.6) is 5.75 Å². The lowest BCUT2D eigenvalue weighted by atomic mass is 9.74. The topological polar surface area (TPSA) is 29.5 Å². The standard InChI is InChI=1S/C24H24O2/c1-17-22(18-10-4-2-5-11-18)24(19-12-6-3-7-13-19)16-23(17,25)20-14-8-9-15-21(20)26-24/h2-4,6-10,12-15,17,22,25H,5,11,16H2,1H3/t17-,22+,23-,24?/m1/s1. The summed E-state index contributed by atoms with van der Waals surface area (Å²) < 4.78 is 6.77. The van der Waals surface area contributed by atoms with Crippen LogP contribution in [-0.4, -0.2) is 5.11 Å². The number of fused-ring (bicyclic) bond motifs is 4. The molecule has 1 heterocycles. The molecule has 0 amide bonds. The molecule has 0 spiro atoms. The van der Waals surface area contributed by atoms with Crippen LogP contribution in [0.25, 0.3) is 0 Å². The van der Waals surface area contributed by atoms with Gasteiger partial charge in [-0.05, 0) is 24.5 Å². The Balaban J connectivity index is 1.76. The van der Waals surface area contributed by atoms with E-state index < -0.39 is 11.2 Å². The highest BCUT2D eigenvalue weighted by Gasteiger charge is 2.65. The van der Waals surface area contributed by atoms with Crippen LogP contribution in [-0.2, 0) is 11.2 Å². The molecule has 26 heavy (non-hydrogen) atoms. The lowest BCUT2D eigenvalue weighted by Gasteiger charge is -2.41. The quantitative estimate of drug-likeness (QED) is 0.822. The number of aliphatic hydroxyl groups is 1. The first-order valence-electron chi connectivity index (χ1n) is 9.57. The van der Waals surface area contributed by atoms with E-state index in [4.69, 9.17) is 4.74 Å². The number of benzene rings is 2. The monoisotopic (exact) mass is 344 g/mol. The molecule has 2 nitrogen and oxygen atoms in total. The molecule has 132 valence electrons. The molecular weight excluding hydrogens is 320 g/mol. The molecule has 5 rings (SSSR count). The van der Waals surface area contributed by atoms with Crippen LogP contribution >= 0.6 is 0 Å². The van der Waals surface area contributed by atoms with Gasteiger partial charge in [0, 0.05) is 23.8 Å². The minimum atomic E-state index is -0.864. The first kappa shape index (κ1) is 15.9. The van der Waals surface area contributed by atoms with Crippen molar-refractivity contribution in [2.75, 3.05) is 0 Å². The number of hydrogen-bond donors (Lipinski definition) is 1. The average Bonchev–Trinajstić information content (AvgIpc) is 2.88. The van der Waals surface area contributed by atoms with Gasteiger partial charge in [0.1, 0.15) is 17.0 Å². The molecule has 4 atom stereocenters. The third-order valence-electron chi connectivity index (χ3n) is 6.64. The highest BCUT2D eigenvalue weighted by molar-refractivity contribution is 5.49. The van der Waals surface area contributed by atoms with Gasteiger partial charge in [-0.1, -0.05) is 79.3 Å². The van der Waals surface area contributed by atoms with Crippen molar-refractivity contribution in [2.24, 2.45) is 11.8 Å². The van der Waals surface area contributed by atoms with E-state index in [9.17, 15) is 5.11 Å².